The van der Waals surface area contributed by atoms with Crippen LogP contribution < -0.4 is 5.32 Å². The molecule has 0 spiro atoms. The van der Waals surface area contributed by atoms with Crippen LogP contribution in [0.4, 0.5) is 0 Å². The van der Waals surface area contributed by atoms with Gasteiger partial charge in [0, 0.05) is 61.9 Å². The molecule has 1 fully saturated rings. The summed E-state index contributed by atoms with van der Waals surface area (Å²) in [7, 11) is 0. The summed E-state index contributed by atoms with van der Waals surface area (Å²) in [5.41, 5.74) is 6.14. The number of likely N-dealkylation sites (tertiary alicyclic amines) is 1. The number of amides is 2. The first-order chi connectivity index (χ1) is 18.3. The van der Waals surface area contributed by atoms with Gasteiger partial charge < -0.3 is 10.2 Å². The third kappa shape index (κ3) is 4.43. The van der Waals surface area contributed by atoms with E-state index < -0.39 is 0 Å². The van der Waals surface area contributed by atoms with Crippen molar-refractivity contribution >= 4 is 22.7 Å². The van der Waals surface area contributed by atoms with Crippen LogP contribution in [-0.2, 0) is 24.3 Å². The standard InChI is InChI=1S/C32H34N4O2/c1-21(37)36-20-32(2,3)28-12-11-24(17-30(28)36)34-31(38)27-9-6-7-22-18-35(16-14-25(22)27)19-23-13-15-33-29-10-5-4-8-26(23)29/h4-13,15,17,28,30H,14,16,18-20H2,1-3H3,(H,34,38). The van der Waals surface area contributed by atoms with Gasteiger partial charge in [0.25, 0.3) is 5.91 Å². The van der Waals surface area contributed by atoms with Crippen molar-refractivity contribution in [2.24, 2.45) is 11.3 Å². The Morgan fingerprint density at radius 3 is 2.79 bits per heavy atom. The van der Waals surface area contributed by atoms with E-state index in [9.17, 15) is 9.59 Å². The maximum atomic E-state index is 13.5. The number of carbonyl (C=O) groups excluding carboxylic acids is 2. The molecular formula is C32H34N4O2. The van der Waals surface area contributed by atoms with Crippen molar-refractivity contribution in [3.8, 4) is 0 Å². The molecule has 38 heavy (non-hydrogen) atoms. The molecule has 0 bridgehead atoms. The number of hydrogen-bond acceptors (Lipinski definition) is 4. The second-order valence-electron chi connectivity index (χ2n) is 11.5. The summed E-state index contributed by atoms with van der Waals surface area (Å²) in [6.45, 7) is 9.29. The van der Waals surface area contributed by atoms with Gasteiger partial charge >= 0.3 is 0 Å². The first-order valence-corrected chi connectivity index (χ1v) is 13.4. The average molecular weight is 507 g/mol. The van der Waals surface area contributed by atoms with Crippen LogP contribution in [0.2, 0.25) is 0 Å². The normalized spacial score (nSPS) is 22.1. The molecule has 1 N–H and O–H groups in total. The molecule has 1 aliphatic carbocycles. The lowest BCUT2D eigenvalue weighted by Crippen LogP contribution is -2.37. The van der Waals surface area contributed by atoms with Crippen LogP contribution in [0.5, 0.6) is 0 Å². The van der Waals surface area contributed by atoms with Gasteiger partial charge in [0.2, 0.25) is 5.91 Å². The fraction of sp³-hybridized carbons (Fsp3) is 0.344. The first kappa shape index (κ1) is 24.6. The number of nitrogens with zero attached hydrogens (tertiary/aromatic N) is 3. The Labute approximate surface area is 224 Å². The van der Waals surface area contributed by atoms with Gasteiger partial charge in [0.05, 0.1) is 11.6 Å². The van der Waals surface area contributed by atoms with E-state index in [4.69, 9.17) is 0 Å². The summed E-state index contributed by atoms with van der Waals surface area (Å²) in [4.78, 5) is 34.6. The van der Waals surface area contributed by atoms with E-state index in [1.807, 2.05) is 35.4 Å². The lowest BCUT2D eigenvalue weighted by atomic mass is 9.77. The molecule has 1 aromatic heterocycles. The van der Waals surface area contributed by atoms with Gasteiger partial charge in [0.1, 0.15) is 0 Å². The van der Waals surface area contributed by atoms with Gasteiger partial charge in [-0.2, -0.15) is 0 Å². The molecule has 2 aromatic carbocycles. The average Bonchev–Trinajstić information content (AvgIpc) is 3.18. The number of carbonyl (C=O) groups is 2. The highest BCUT2D eigenvalue weighted by Crippen LogP contribution is 2.43. The highest BCUT2D eigenvalue weighted by Gasteiger charge is 2.46. The second kappa shape index (κ2) is 9.52. The summed E-state index contributed by atoms with van der Waals surface area (Å²) in [6, 6.07) is 16.4. The van der Waals surface area contributed by atoms with Crippen molar-refractivity contribution in [3.63, 3.8) is 0 Å². The monoisotopic (exact) mass is 506 g/mol. The number of allylic oxidation sites excluding steroid dienone is 1. The Morgan fingerprint density at radius 1 is 1.11 bits per heavy atom. The van der Waals surface area contributed by atoms with E-state index in [0.29, 0.717) is 0 Å². The van der Waals surface area contributed by atoms with Gasteiger partial charge in [0.15, 0.2) is 0 Å². The minimum absolute atomic E-state index is 0.00576. The Hall–Kier alpha value is -3.77. The molecule has 2 aliphatic heterocycles. The molecule has 0 radical (unpaired) electrons. The number of nitrogens with one attached hydrogen (secondary N) is 1. The number of fused-ring (bicyclic) bond motifs is 3. The smallest absolute Gasteiger partial charge is 0.255 e. The van der Waals surface area contributed by atoms with Gasteiger partial charge in [-0.05, 0) is 58.9 Å². The van der Waals surface area contributed by atoms with Crippen molar-refractivity contribution in [2.75, 3.05) is 13.1 Å². The van der Waals surface area contributed by atoms with E-state index in [-0.39, 0.29) is 29.2 Å². The minimum atomic E-state index is -0.0867. The summed E-state index contributed by atoms with van der Waals surface area (Å²) in [5, 5.41) is 4.33. The maximum absolute atomic E-state index is 13.5. The molecule has 3 aliphatic rings. The number of rotatable bonds is 4. The molecule has 2 amide bonds. The van der Waals surface area contributed by atoms with Crippen molar-refractivity contribution < 1.29 is 9.59 Å². The summed E-state index contributed by atoms with van der Waals surface area (Å²) in [5.74, 6) is 0.237. The number of aromatic nitrogens is 1. The lowest BCUT2D eigenvalue weighted by Gasteiger charge is -2.31. The molecule has 3 aromatic rings. The van der Waals surface area contributed by atoms with Gasteiger partial charge in [-0.1, -0.05) is 50.3 Å². The molecule has 6 nitrogen and oxygen atoms in total. The van der Waals surface area contributed by atoms with Crippen LogP contribution in [0, 0.1) is 11.3 Å². The zero-order chi connectivity index (χ0) is 26.4. The minimum Gasteiger partial charge on any atom is -0.335 e. The van der Waals surface area contributed by atoms with E-state index in [0.717, 1.165) is 54.9 Å². The largest absolute Gasteiger partial charge is 0.335 e. The number of benzene rings is 2. The fourth-order valence-corrected chi connectivity index (χ4v) is 6.47. The molecular weight excluding hydrogens is 472 g/mol. The van der Waals surface area contributed by atoms with E-state index in [2.05, 4.69) is 71.5 Å². The molecule has 1 saturated heterocycles. The summed E-state index contributed by atoms with van der Waals surface area (Å²) < 4.78 is 0. The topological polar surface area (TPSA) is 65.5 Å². The van der Waals surface area contributed by atoms with E-state index in [1.54, 1.807) is 6.92 Å². The number of para-hydroxylation sites is 1. The fourth-order valence-electron chi connectivity index (χ4n) is 6.47. The van der Waals surface area contributed by atoms with Crippen LogP contribution >= 0.6 is 0 Å². The van der Waals surface area contributed by atoms with Crippen LogP contribution in [-0.4, -0.2) is 45.7 Å². The van der Waals surface area contributed by atoms with E-state index in [1.165, 1.54) is 16.5 Å². The second-order valence-corrected chi connectivity index (χ2v) is 11.5. The van der Waals surface area contributed by atoms with Crippen LogP contribution in [0.1, 0.15) is 47.8 Å². The van der Waals surface area contributed by atoms with Crippen molar-refractivity contribution in [1.82, 2.24) is 20.1 Å². The van der Waals surface area contributed by atoms with Crippen LogP contribution in [0.3, 0.4) is 0 Å². The molecule has 2 unspecified atom stereocenters. The van der Waals surface area contributed by atoms with Crippen molar-refractivity contribution in [2.45, 2.75) is 46.3 Å². The lowest BCUT2D eigenvalue weighted by molar-refractivity contribution is -0.129. The Bertz CT molecular complexity index is 1480. The highest BCUT2D eigenvalue weighted by atomic mass is 16.2. The first-order valence-electron chi connectivity index (χ1n) is 13.4. The van der Waals surface area contributed by atoms with Gasteiger partial charge in [-0.3, -0.25) is 19.5 Å². The zero-order valence-electron chi connectivity index (χ0n) is 22.3. The summed E-state index contributed by atoms with van der Waals surface area (Å²) >= 11 is 0. The molecule has 6 heteroatoms. The SMILES string of the molecule is CC(=O)N1CC(C)(C)C2C=CC(NC(=O)c3cccc4c3CCN(Cc3ccnc5ccccc35)C4)=CC21. The summed E-state index contributed by atoms with van der Waals surface area (Å²) in [6.07, 6.45) is 8.92. The molecule has 194 valence electrons. The third-order valence-electron chi connectivity index (χ3n) is 8.43. The molecule has 0 saturated carbocycles. The predicted octanol–water partition coefficient (Wildman–Crippen LogP) is 4.85. The molecule has 6 rings (SSSR count). The number of hydrogen-bond donors (Lipinski definition) is 1. The zero-order valence-corrected chi connectivity index (χ0v) is 22.3. The van der Waals surface area contributed by atoms with Crippen LogP contribution in [0.25, 0.3) is 10.9 Å². The van der Waals surface area contributed by atoms with Gasteiger partial charge in [-0.25, -0.2) is 0 Å². The Balaban J connectivity index is 1.18. The Kier molecular flexibility index (Phi) is 6.15. The van der Waals surface area contributed by atoms with E-state index >= 15 is 0 Å². The van der Waals surface area contributed by atoms with Crippen LogP contribution in [0.15, 0.2) is 78.7 Å². The maximum Gasteiger partial charge on any atom is 0.255 e. The molecule has 3 heterocycles. The van der Waals surface area contributed by atoms with Crippen molar-refractivity contribution in [3.05, 3.63) is 101 Å². The number of pyridine rings is 1. The Morgan fingerprint density at radius 2 is 1.95 bits per heavy atom. The third-order valence-corrected chi connectivity index (χ3v) is 8.43. The van der Waals surface area contributed by atoms with Gasteiger partial charge in [-0.15, -0.1) is 0 Å². The predicted molar refractivity (Wildman–Crippen MR) is 149 cm³/mol. The molecule has 2 atom stereocenters. The van der Waals surface area contributed by atoms with Crippen molar-refractivity contribution in [1.29, 1.82) is 0 Å². The highest BCUT2D eigenvalue weighted by molar-refractivity contribution is 5.97. The quantitative estimate of drug-likeness (QED) is 0.550.